The quantitative estimate of drug-likeness (QED) is 0.858. The average molecular weight is 335 g/mol. The van der Waals surface area contributed by atoms with Gasteiger partial charge in [0, 0.05) is 6.04 Å². The van der Waals surface area contributed by atoms with Gasteiger partial charge in [-0.2, -0.15) is 4.68 Å². The highest BCUT2D eigenvalue weighted by molar-refractivity contribution is 7.91. The third-order valence-corrected chi connectivity index (χ3v) is 5.86. The van der Waals surface area contributed by atoms with E-state index in [4.69, 9.17) is 0 Å². The van der Waals surface area contributed by atoms with Crippen molar-refractivity contribution in [2.24, 2.45) is 0 Å². The van der Waals surface area contributed by atoms with Crippen LogP contribution in [0.1, 0.15) is 27.9 Å². The lowest BCUT2D eigenvalue weighted by atomic mass is 10.0. The molecule has 1 saturated heterocycles. The first-order chi connectivity index (χ1) is 10.9. The van der Waals surface area contributed by atoms with Gasteiger partial charge in [0.15, 0.2) is 9.84 Å². The average Bonchev–Trinajstić information content (AvgIpc) is 3.11. The summed E-state index contributed by atoms with van der Waals surface area (Å²) in [5.74, 6) is -0.213. The Balaban J connectivity index is 1.94. The van der Waals surface area contributed by atoms with Crippen LogP contribution in [0.4, 0.5) is 0 Å². The van der Waals surface area contributed by atoms with E-state index in [1.807, 2.05) is 19.9 Å². The van der Waals surface area contributed by atoms with Crippen molar-refractivity contribution >= 4 is 15.7 Å². The number of nitrogens with zero attached hydrogens (tertiary/aromatic N) is 4. The summed E-state index contributed by atoms with van der Waals surface area (Å²) in [4.78, 5) is 12.6. The highest BCUT2D eigenvalue weighted by Gasteiger charge is 2.30. The lowest BCUT2D eigenvalue weighted by Gasteiger charge is -2.16. The zero-order valence-corrected chi connectivity index (χ0v) is 13.7. The molecule has 1 aromatic carbocycles. The Bertz CT molecular complexity index is 846. The van der Waals surface area contributed by atoms with Gasteiger partial charge in [0.1, 0.15) is 6.33 Å². The summed E-state index contributed by atoms with van der Waals surface area (Å²) in [6.07, 6.45) is 1.87. The summed E-state index contributed by atoms with van der Waals surface area (Å²) in [7, 11) is -3.04. The van der Waals surface area contributed by atoms with E-state index >= 15 is 0 Å². The minimum absolute atomic E-state index is 0.0101. The smallest absolute Gasteiger partial charge is 0.253 e. The van der Waals surface area contributed by atoms with Crippen LogP contribution in [0.5, 0.6) is 0 Å². The Hall–Kier alpha value is -2.29. The van der Waals surface area contributed by atoms with E-state index in [1.165, 1.54) is 11.0 Å². The second-order valence-corrected chi connectivity index (χ2v) is 7.96. The molecule has 2 aromatic rings. The molecule has 1 amide bonds. The van der Waals surface area contributed by atoms with Gasteiger partial charge in [-0.15, -0.1) is 5.10 Å². The maximum absolute atomic E-state index is 12.6. The Kier molecular flexibility index (Phi) is 3.88. The number of benzene rings is 1. The van der Waals surface area contributed by atoms with Crippen LogP contribution >= 0.6 is 0 Å². The number of nitrogens with one attached hydrogen (secondary N) is 1. The fourth-order valence-corrected chi connectivity index (χ4v) is 4.39. The molecule has 0 aliphatic carbocycles. The first-order valence-electron chi connectivity index (χ1n) is 7.22. The van der Waals surface area contributed by atoms with Crippen LogP contribution in [0.2, 0.25) is 0 Å². The Morgan fingerprint density at radius 2 is 2.13 bits per heavy atom. The number of hydrogen-bond donors (Lipinski definition) is 1. The number of aryl methyl sites for hydroxylation is 1. The zero-order chi connectivity index (χ0) is 16.6. The number of rotatable bonds is 3. The molecule has 8 nitrogen and oxygen atoms in total. The molecule has 23 heavy (non-hydrogen) atoms. The monoisotopic (exact) mass is 335 g/mol. The topological polar surface area (TPSA) is 107 Å². The van der Waals surface area contributed by atoms with Gasteiger partial charge in [-0.05, 0) is 47.9 Å². The van der Waals surface area contributed by atoms with Gasteiger partial charge < -0.3 is 5.32 Å². The molecule has 0 bridgehead atoms. The molecule has 1 atom stereocenters. The van der Waals surface area contributed by atoms with Crippen molar-refractivity contribution in [2.75, 3.05) is 11.5 Å². The van der Waals surface area contributed by atoms with Crippen molar-refractivity contribution in [3.8, 4) is 5.69 Å². The number of carbonyl (C=O) groups excluding carboxylic acids is 1. The van der Waals surface area contributed by atoms with E-state index in [0.29, 0.717) is 17.7 Å². The van der Waals surface area contributed by atoms with E-state index in [9.17, 15) is 13.2 Å². The van der Waals surface area contributed by atoms with E-state index < -0.39 is 9.84 Å². The molecule has 0 spiro atoms. The molecule has 1 aliphatic rings. The summed E-state index contributed by atoms with van der Waals surface area (Å²) in [6, 6.07) is 3.21. The van der Waals surface area contributed by atoms with Gasteiger partial charge in [-0.1, -0.05) is 6.07 Å². The van der Waals surface area contributed by atoms with Crippen molar-refractivity contribution in [3.63, 3.8) is 0 Å². The first-order valence-corrected chi connectivity index (χ1v) is 9.04. The van der Waals surface area contributed by atoms with Crippen molar-refractivity contribution in [1.82, 2.24) is 25.5 Å². The highest BCUT2D eigenvalue weighted by atomic mass is 32.2. The second-order valence-electron chi connectivity index (χ2n) is 5.73. The summed E-state index contributed by atoms with van der Waals surface area (Å²) in [5.41, 5.74) is 2.93. The van der Waals surface area contributed by atoms with E-state index in [0.717, 1.165) is 11.1 Å². The van der Waals surface area contributed by atoms with Crippen molar-refractivity contribution < 1.29 is 13.2 Å². The van der Waals surface area contributed by atoms with Crippen molar-refractivity contribution in [3.05, 3.63) is 35.2 Å². The third-order valence-electron chi connectivity index (χ3n) is 4.09. The molecule has 0 radical (unpaired) electrons. The van der Waals surface area contributed by atoms with E-state index in [-0.39, 0.29) is 23.5 Å². The Labute approximate surface area is 133 Å². The predicted octanol–water partition coefficient (Wildman–Crippen LogP) is 0.196. The largest absolute Gasteiger partial charge is 0.348 e. The number of carbonyl (C=O) groups is 1. The standard InChI is InChI=1S/C14H17N5O3S/c1-9-3-4-12(13(10(9)2)19-8-15-17-18-19)14(20)16-11-5-6-23(21,22)7-11/h3-4,8,11H,5-7H2,1-2H3,(H,16,20)/t11-/m0/s1. The molecule has 0 saturated carbocycles. The summed E-state index contributed by atoms with van der Waals surface area (Å²) < 4.78 is 24.5. The van der Waals surface area contributed by atoms with Crippen molar-refractivity contribution in [2.45, 2.75) is 26.3 Å². The highest BCUT2D eigenvalue weighted by Crippen LogP contribution is 2.22. The van der Waals surface area contributed by atoms with Crippen LogP contribution in [0, 0.1) is 13.8 Å². The molecule has 1 fully saturated rings. The third kappa shape index (κ3) is 3.09. The van der Waals surface area contributed by atoms with Gasteiger partial charge in [-0.3, -0.25) is 4.79 Å². The number of aromatic nitrogens is 4. The zero-order valence-electron chi connectivity index (χ0n) is 12.9. The fourth-order valence-electron chi connectivity index (χ4n) is 2.72. The maximum atomic E-state index is 12.6. The molecule has 9 heteroatoms. The normalized spacial score (nSPS) is 19.7. The van der Waals surface area contributed by atoms with Gasteiger partial charge in [0.2, 0.25) is 0 Å². The molecule has 1 aliphatic heterocycles. The molecule has 122 valence electrons. The van der Waals surface area contributed by atoms with Crippen LogP contribution in [0.15, 0.2) is 18.5 Å². The molecule has 1 N–H and O–H groups in total. The molecule has 1 aromatic heterocycles. The van der Waals surface area contributed by atoms with Crippen LogP contribution in [-0.2, 0) is 9.84 Å². The van der Waals surface area contributed by atoms with E-state index in [2.05, 4.69) is 20.8 Å². The lowest BCUT2D eigenvalue weighted by Crippen LogP contribution is -2.36. The summed E-state index contributed by atoms with van der Waals surface area (Å²) in [6.45, 7) is 3.83. The van der Waals surface area contributed by atoms with Gasteiger partial charge in [-0.25, -0.2) is 8.42 Å². The predicted molar refractivity (Wildman–Crippen MR) is 83.2 cm³/mol. The summed E-state index contributed by atoms with van der Waals surface area (Å²) in [5, 5.41) is 13.9. The van der Waals surface area contributed by atoms with Gasteiger partial charge in [0.25, 0.3) is 5.91 Å². The van der Waals surface area contributed by atoms with Gasteiger partial charge >= 0.3 is 0 Å². The molecule has 0 unspecified atom stereocenters. The minimum Gasteiger partial charge on any atom is -0.348 e. The lowest BCUT2D eigenvalue weighted by molar-refractivity contribution is 0.0941. The van der Waals surface area contributed by atoms with Crippen LogP contribution < -0.4 is 5.32 Å². The minimum atomic E-state index is -3.04. The molecule has 3 rings (SSSR count). The Morgan fingerprint density at radius 3 is 2.74 bits per heavy atom. The number of amides is 1. The number of sulfone groups is 1. The van der Waals surface area contributed by atoms with Crippen LogP contribution in [-0.4, -0.2) is 52.1 Å². The summed E-state index contributed by atoms with van der Waals surface area (Å²) >= 11 is 0. The Morgan fingerprint density at radius 1 is 1.35 bits per heavy atom. The van der Waals surface area contributed by atoms with Crippen molar-refractivity contribution in [1.29, 1.82) is 0 Å². The molecular formula is C14H17N5O3S. The van der Waals surface area contributed by atoms with Crippen LogP contribution in [0.25, 0.3) is 5.69 Å². The number of hydrogen-bond acceptors (Lipinski definition) is 6. The second kappa shape index (κ2) is 5.73. The first kappa shape index (κ1) is 15.6. The van der Waals surface area contributed by atoms with Crippen LogP contribution in [0.3, 0.4) is 0 Å². The molecule has 2 heterocycles. The SMILES string of the molecule is Cc1ccc(C(=O)N[C@H]2CCS(=O)(=O)C2)c(-n2cnnn2)c1C. The number of tetrazole rings is 1. The fraction of sp³-hybridized carbons (Fsp3) is 0.429. The van der Waals surface area contributed by atoms with Gasteiger partial charge in [0.05, 0.1) is 22.8 Å². The maximum Gasteiger partial charge on any atom is 0.253 e. The molecular weight excluding hydrogens is 318 g/mol. The van der Waals surface area contributed by atoms with E-state index in [1.54, 1.807) is 6.07 Å².